The maximum atomic E-state index is 13.0. The average molecular weight is 349 g/mol. The van der Waals surface area contributed by atoms with Crippen LogP contribution in [0.15, 0.2) is 47.4 Å². The second-order valence-electron chi connectivity index (χ2n) is 5.91. The predicted molar refractivity (Wildman–Crippen MR) is 85.9 cm³/mol. The number of hydrogen-bond acceptors (Lipinski definition) is 3. The highest BCUT2D eigenvalue weighted by Crippen LogP contribution is 2.41. The summed E-state index contributed by atoms with van der Waals surface area (Å²) < 4.78 is 40.5. The molecule has 2 aromatic rings. The van der Waals surface area contributed by atoms with Crippen LogP contribution in [0, 0.1) is 5.82 Å². The lowest BCUT2D eigenvalue weighted by Crippen LogP contribution is -2.27. The SMILES string of the molecule is CC1C[C@@H](NS(=O)(=O)c2ccc(F)cc2)c2cc(C(=O)O)ccc21. The molecule has 0 radical (unpaired) electrons. The molecule has 2 aromatic carbocycles. The van der Waals surface area contributed by atoms with Crippen molar-refractivity contribution in [1.82, 2.24) is 4.72 Å². The summed E-state index contributed by atoms with van der Waals surface area (Å²) in [6, 6.07) is 8.83. The van der Waals surface area contributed by atoms with Crippen LogP contribution in [-0.4, -0.2) is 19.5 Å². The summed E-state index contributed by atoms with van der Waals surface area (Å²) in [7, 11) is -3.82. The van der Waals surface area contributed by atoms with Crippen LogP contribution in [0.3, 0.4) is 0 Å². The van der Waals surface area contributed by atoms with Gasteiger partial charge in [-0.1, -0.05) is 13.0 Å². The van der Waals surface area contributed by atoms with Crippen LogP contribution >= 0.6 is 0 Å². The van der Waals surface area contributed by atoms with Crippen molar-refractivity contribution in [2.45, 2.75) is 30.2 Å². The van der Waals surface area contributed by atoms with Crippen LogP contribution in [0.25, 0.3) is 0 Å². The number of nitrogens with one attached hydrogen (secondary N) is 1. The number of fused-ring (bicyclic) bond motifs is 1. The van der Waals surface area contributed by atoms with Gasteiger partial charge < -0.3 is 5.11 Å². The van der Waals surface area contributed by atoms with E-state index in [9.17, 15) is 17.6 Å². The van der Waals surface area contributed by atoms with Gasteiger partial charge in [0.25, 0.3) is 0 Å². The number of benzene rings is 2. The number of aromatic carboxylic acids is 1. The summed E-state index contributed by atoms with van der Waals surface area (Å²) in [6.45, 7) is 1.96. The molecule has 0 aromatic heterocycles. The molecule has 0 amide bonds. The number of halogens is 1. The molecule has 5 nitrogen and oxygen atoms in total. The molecule has 0 spiro atoms. The first-order valence-electron chi connectivity index (χ1n) is 7.43. The van der Waals surface area contributed by atoms with E-state index in [1.807, 2.05) is 6.92 Å². The van der Waals surface area contributed by atoms with Crippen molar-refractivity contribution < 1.29 is 22.7 Å². The zero-order valence-corrected chi connectivity index (χ0v) is 13.7. The molecular weight excluding hydrogens is 333 g/mol. The Kier molecular flexibility index (Phi) is 4.15. The Balaban J connectivity index is 1.93. The van der Waals surface area contributed by atoms with Gasteiger partial charge in [-0.05, 0) is 59.9 Å². The second-order valence-corrected chi connectivity index (χ2v) is 7.63. The summed E-state index contributed by atoms with van der Waals surface area (Å²) in [4.78, 5) is 11.1. The van der Waals surface area contributed by atoms with Crippen LogP contribution in [0.5, 0.6) is 0 Å². The van der Waals surface area contributed by atoms with Gasteiger partial charge in [-0.25, -0.2) is 22.3 Å². The van der Waals surface area contributed by atoms with Crippen molar-refractivity contribution in [1.29, 1.82) is 0 Å². The van der Waals surface area contributed by atoms with Crippen LogP contribution < -0.4 is 4.72 Å². The Morgan fingerprint density at radius 1 is 1.17 bits per heavy atom. The van der Waals surface area contributed by atoms with Crippen LogP contribution in [0.1, 0.15) is 46.8 Å². The van der Waals surface area contributed by atoms with E-state index in [1.54, 1.807) is 6.07 Å². The van der Waals surface area contributed by atoms with E-state index in [0.717, 1.165) is 17.7 Å². The van der Waals surface area contributed by atoms with Gasteiger partial charge in [0.05, 0.1) is 10.5 Å². The summed E-state index contributed by atoms with van der Waals surface area (Å²) in [5.74, 6) is -1.46. The molecule has 0 fully saturated rings. The first-order valence-corrected chi connectivity index (χ1v) is 8.91. The molecule has 3 rings (SSSR count). The molecule has 2 N–H and O–H groups in total. The molecule has 0 heterocycles. The highest BCUT2D eigenvalue weighted by atomic mass is 32.2. The number of carbonyl (C=O) groups is 1. The largest absolute Gasteiger partial charge is 0.478 e. The molecule has 1 unspecified atom stereocenters. The Hall–Kier alpha value is -2.25. The number of rotatable bonds is 4. The normalized spacial score (nSPS) is 19.9. The molecular formula is C17H16FNO4S. The fourth-order valence-corrected chi connectivity index (χ4v) is 4.27. The lowest BCUT2D eigenvalue weighted by molar-refractivity contribution is 0.0696. The van der Waals surface area contributed by atoms with Gasteiger partial charge >= 0.3 is 5.97 Å². The van der Waals surface area contributed by atoms with E-state index in [-0.39, 0.29) is 16.4 Å². The monoisotopic (exact) mass is 349 g/mol. The molecule has 1 aliphatic rings. The maximum absolute atomic E-state index is 13.0. The zero-order chi connectivity index (χ0) is 17.5. The van der Waals surface area contributed by atoms with E-state index >= 15 is 0 Å². The van der Waals surface area contributed by atoms with Gasteiger partial charge in [0.2, 0.25) is 10.0 Å². The van der Waals surface area contributed by atoms with Gasteiger partial charge in [-0.3, -0.25) is 0 Å². The summed E-state index contributed by atoms with van der Waals surface area (Å²) >= 11 is 0. The molecule has 0 saturated carbocycles. The molecule has 24 heavy (non-hydrogen) atoms. The fourth-order valence-electron chi connectivity index (χ4n) is 3.05. The molecule has 0 aliphatic heterocycles. The Morgan fingerprint density at radius 2 is 1.83 bits per heavy atom. The first-order chi connectivity index (χ1) is 11.3. The van der Waals surface area contributed by atoms with E-state index in [2.05, 4.69) is 4.72 Å². The molecule has 0 saturated heterocycles. The van der Waals surface area contributed by atoms with Crippen LogP contribution in [-0.2, 0) is 10.0 Å². The lowest BCUT2D eigenvalue weighted by Gasteiger charge is -2.15. The highest BCUT2D eigenvalue weighted by molar-refractivity contribution is 7.89. The minimum atomic E-state index is -3.82. The third kappa shape index (κ3) is 3.05. The molecule has 126 valence electrons. The third-order valence-corrected chi connectivity index (χ3v) is 5.74. The number of sulfonamides is 1. The third-order valence-electron chi connectivity index (χ3n) is 4.25. The summed E-state index contributed by atoms with van der Waals surface area (Å²) in [5, 5.41) is 9.13. The molecule has 0 bridgehead atoms. The fraction of sp³-hybridized carbons (Fsp3) is 0.235. The van der Waals surface area contributed by atoms with E-state index in [4.69, 9.17) is 5.11 Å². The molecule has 1 aliphatic carbocycles. The van der Waals surface area contributed by atoms with Crippen molar-refractivity contribution in [3.05, 3.63) is 65.0 Å². The lowest BCUT2D eigenvalue weighted by atomic mass is 10.0. The van der Waals surface area contributed by atoms with Crippen LogP contribution in [0.4, 0.5) is 4.39 Å². The van der Waals surface area contributed by atoms with Crippen molar-refractivity contribution in [3.63, 3.8) is 0 Å². The Morgan fingerprint density at radius 3 is 2.46 bits per heavy atom. The van der Waals surface area contributed by atoms with E-state index < -0.39 is 27.9 Å². The smallest absolute Gasteiger partial charge is 0.335 e. The molecule has 2 atom stereocenters. The predicted octanol–water partition coefficient (Wildman–Crippen LogP) is 3.05. The van der Waals surface area contributed by atoms with Crippen molar-refractivity contribution in [2.75, 3.05) is 0 Å². The number of hydrogen-bond donors (Lipinski definition) is 2. The van der Waals surface area contributed by atoms with Gasteiger partial charge in [0.15, 0.2) is 0 Å². The van der Waals surface area contributed by atoms with Gasteiger partial charge in [0.1, 0.15) is 5.82 Å². The quantitative estimate of drug-likeness (QED) is 0.889. The van der Waals surface area contributed by atoms with E-state index in [1.165, 1.54) is 24.3 Å². The zero-order valence-electron chi connectivity index (χ0n) is 12.9. The second kappa shape index (κ2) is 5.99. The van der Waals surface area contributed by atoms with Crippen LogP contribution in [0.2, 0.25) is 0 Å². The average Bonchev–Trinajstić information content (AvgIpc) is 2.83. The maximum Gasteiger partial charge on any atom is 0.335 e. The Labute approximate surface area is 139 Å². The van der Waals surface area contributed by atoms with Crippen molar-refractivity contribution in [3.8, 4) is 0 Å². The molecule has 7 heteroatoms. The van der Waals surface area contributed by atoms with Gasteiger partial charge in [-0.15, -0.1) is 0 Å². The minimum absolute atomic E-state index is 0.0283. The van der Waals surface area contributed by atoms with Gasteiger partial charge in [0, 0.05) is 6.04 Å². The number of carboxylic acids is 1. The topological polar surface area (TPSA) is 83.5 Å². The minimum Gasteiger partial charge on any atom is -0.478 e. The first kappa shape index (κ1) is 16.6. The van der Waals surface area contributed by atoms with E-state index in [0.29, 0.717) is 12.0 Å². The Bertz CT molecular complexity index is 893. The summed E-state index contributed by atoms with van der Waals surface area (Å²) in [5.41, 5.74) is 1.73. The van der Waals surface area contributed by atoms with Crippen molar-refractivity contribution >= 4 is 16.0 Å². The highest BCUT2D eigenvalue weighted by Gasteiger charge is 2.32. The van der Waals surface area contributed by atoms with Gasteiger partial charge in [-0.2, -0.15) is 0 Å². The summed E-state index contributed by atoms with van der Waals surface area (Å²) in [6.07, 6.45) is 0.541. The standard InChI is InChI=1S/C17H16FNO4S/c1-10-8-16(15-9-11(17(20)21)2-7-14(10)15)19-24(22,23)13-5-3-12(18)4-6-13/h2-7,9-10,16,19H,8H2,1H3,(H,20,21)/t10?,16-/m1/s1. The van der Waals surface area contributed by atoms with Crippen molar-refractivity contribution in [2.24, 2.45) is 0 Å². The number of carboxylic acid groups (broad SMARTS) is 1.